The van der Waals surface area contributed by atoms with Crippen LogP contribution in [0, 0.1) is 5.82 Å². The summed E-state index contributed by atoms with van der Waals surface area (Å²) >= 11 is 0. The van der Waals surface area contributed by atoms with Gasteiger partial charge in [0, 0.05) is 18.4 Å². The first kappa shape index (κ1) is 20.4. The van der Waals surface area contributed by atoms with Gasteiger partial charge in [-0.25, -0.2) is 9.18 Å². The number of aromatic nitrogens is 1. The summed E-state index contributed by atoms with van der Waals surface area (Å²) in [5.41, 5.74) is 3.49. The minimum Gasteiger partial charge on any atom is -0.478 e. The van der Waals surface area contributed by atoms with Crippen LogP contribution in [-0.4, -0.2) is 27.5 Å². The lowest BCUT2D eigenvalue weighted by Gasteiger charge is -2.29. The molecule has 0 aliphatic rings. The van der Waals surface area contributed by atoms with Gasteiger partial charge in [-0.2, -0.15) is 0 Å². The molecule has 0 bridgehead atoms. The van der Waals surface area contributed by atoms with Gasteiger partial charge < -0.3 is 10.0 Å². The van der Waals surface area contributed by atoms with Crippen LogP contribution in [0.3, 0.4) is 0 Å². The summed E-state index contributed by atoms with van der Waals surface area (Å²) < 4.78 is 13.1. The normalized spacial score (nSPS) is 11.3. The number of carboxylic acids is 1. The summed E-state index contributed by atoms with van der Waals surface area (Å²) in [4.78, 5) is 17.6. The molecule has 1 aromatic heterocycles. The molecular formula is C22H25FN2O2. The maximum Gasteiger partial charge on any atom is 0.335 e. The summed E-state index contributed by atoms with van der Waals surface area (Å²) in [7, 11) is 0. The van der Waals surface area contributed by atoms with Crippen molar-refractivity contribution >= 4 is 11.7 Å². The fourth-order valence-electron chi connectivity index (χ4n) is 2.89. The maximum atomic E-state index is 13.1. The van der Waals surface area contributed by atoms with E-state index in [0.29, 0.717) is 24.4 Å². The summed E-state index contributed by atoms with van der Waals surface area (Å²) in [6, 6.07) is 9.45. The molecule has 0 fully saturated rings. The molecule has 27 heavy (non-hydrogen) atoms. The van der Waals surface area contributed by atoms with E-state index >= 15 is 0 Å². The molecule has 0 unspecified atom stereocenters. The molecule has 0 saturated carbocycles. The van der Waals surface area contributed by atoms with Crippen molar-refractivity contribution in [2.75, 3.05) is 6.54 Å². The topological polar surface area (TPSA) is 53.4 Å². The number of benzene rings is 1. The number of carboxylic acid groups (broad SMARTS) is 1. The second-order valence-corrected chi connectivity index (χ2v) is 6.24. The SMILES string of the molecule is C=C(c1cc(C(=O)O)ccn1)N(CCc1ccc(F)cc1)/C(=C\C)CCC. The molecule has 0 atom stereocenters. The van der Waals surface area contributed by atoms with Gasteiger partial charge in [-0.15, -0.1) is 0 Å². The highest BCUT2D eigenvalue weighted by Gasteiger charge is 2.16. The number of carbonyl (C=O) groups is 1. The Hall–Kier alpha value is -2.95. The number of rotatable bonds is 9. The number of hydrogen-bond donors (Lipinski definition) is 1. The van der Waals surface area contributed by atoms with E-state index in [1.807, 2.05) is 13.0 Å². The van der Waals surface area contributed by atoms with Crippen molar-refractivity contribution in [2.24, 2.45) is 0 Å². The first-order valence-corrected chi connectivity index (χ1v) is 9.02. The van der Waals surface area contributed by atoms with E-state index in [0.717, 1.165) is 24.1 Å². The van der Waals surface area contributed by atoms with Crippen LogP contribution in [0.15, 0.2) is 60.9 Å². The fourth-order valence-corrected chi connectivity index (χ4v) is 2.89. The highest BCUT2D eigenvalue weighted by molar-refractivity contribution is 5.88. The van der Waals surface area contributed by atoms with Crippen LogP contribution in [0.5, 0.6) is 0 Å². The van der Waals surface area contributed by atoms with Crippen LogP contribution in [0.1, 0.15) is 48.3 Å². The molecule has 142 valence electrons. The molecule has 1 N–H and O–H groups in total. The van der Waals surface area contributed by atoms with Gasteiger partial charge >= 0.3 is 5.97 Å². The van der Waals surface area contributed by atoms with E-state index < -0.39 is 5.97 Å². The second-order valence-electron chi connectivity index (χ2n) is 6.24. The third-order valence-electron chi connectivity index (χ3n) is 4.35. The Morgan fingerprint density at radius 2 is 2.00 bits per heavy atom. The van der Waals surface area contributed by atoms with Gasteiger partial charge in [-0.3, -0.25) is 4.98 Å². The van der Waals surface area contributed by atoms with Gasteiger partial charge in [-0.1, -0.05) is 38.1 Å². The molecule has 0 saturated heterocycles. The molecule has 0 aliphatic heterocycles. The first-order valence-electron chi connectivity index (χ1n) is 9.02. The Morgan fingerprint density at radius 3 is 2.59 bits per heavy atom. The van der Waals surface area contributed by atoms with E-state index in [9.17, 15) is 14.3 Å². The smallest absolute Gasteiger partial charge is 0.335 e. The van der Waals surface area contributed by atoms with Crippen molar-refractivity contribution in [3.05, 3.63) is 83.6 Å². The molecule has 4 nitrogen and oxygen atoms in total. The van der Waals surface area contributed by atoms with Crippen molar-refractivity contribution in [1.82, 2.24) is 9.88 Å². The molecule has 2 aromatic rings. The number of pyridine rings is 1. The summed E-state index contributed by atoms with van der Waals surface area (Å²) in [6.07, 6.45) is 6.08. The quantitative estimate of drug-likeness (QED) is 0.666. The van der Waals surface area contributed by atoms with E-state index in [1.165, 1.54) is 30.5 Å². The lowest BCUT2D eigenvalue weighted by atomic mass is 10.1. The molecule has 0 spiro atoms. The zero-order valence-electron chi connectivity index (χ0n) is 15.8. The number of halogens is 1. The van der Waals surface area contributed by atoms with Gasteiger partial charge in [0.05, 0.1) is 17.0 Å². The number of hydrogen-bond acceptors (Lipinski definition) is 3. The molecule has 0 amide bonds. The Kier molecular flexibility index (Phi) is 7.29. The Bertz CT molecular complexity index is 828. The monoisotopic (exact) mass is 368 g/mol. The van der Waals surface area contributed by atoms with E-state index in [4.69, 9.17) is 0 Å². The number of nitrogens with zero attached hydrogens (tertiary/aromatic N) is 2. The van der Waals surface area contributed by atoms with Gasteiger partial charge in [0.25, 0.3) is 0 Å². The van der Waals surface area contributed by atoms with Crippen LogP contribution in [0.2, 0.25) is 0 Å². The minimum absolute atomic E-state index is 0.178. The summed E-state index contributed by atoms with van der Waals surface area (Å²) in [5, 5.41) is 9.23. The van der Waals surface area contributed by atoms with Crippen LogP contribution in [0.4, 0.5) is 4.39 Å². The molecule has 1 heterocycles. The number of allylic oxidation sites excluding steroid dienone is 2. The third kappa shape index (κ3) is 5.51. The molecule has 0 radical (unpaired) electrons. The zero-order valence-corrected chi connectivity index (χ0v) is 15.8. The molecule has 5 heteroatoms. The Labute approximate surface area is 159 Å². The van der Waals surface area contributed by atoms with Crippen molar-refractivity contribution < 1.29 is 14.3 Å². The largest absolute Gasteiger partial charge is 0.478 e. The van der Waals surface area contributed by atoms with Gasteiger partial charge in [0.15, 0.2) is 0 Å². The molecule has 0 aliphatic carbocycles. The summed E-state index contributed by atoms with van der Waals surface area (Å²) in [5.74, 6) is -1.25. The number of aromatic carboxylic acids is 1. The standard InChI is InChI=1S/C22H25FN2O2/c1-4-6-20(5-2)25(14-12-17-7-9-19(23)10-8-17)16(3)21-15-18(22(26)27)11-13-24-21/h5,7-11,13,15H,3-4,6,12,14H2,1-2H3,(H,26,27)/b20-5-. The van der Waals surface area contributed by atoms with Gasteiger partial charge in [-0.05, 0) is 49.6 Å². The summed E-state index contributed by atoms with van der Waals surface area (Å²) in [6.45, 7) is 8.90. The van der Waals surface area contributed by atoms with Crippen molar-refractivity contribution in [3.8, 4) is 0 Å². The van der Waals surface area contributed by atoms with Crippen molar-refractivity contribution in [1.29, 1.82) is 0 Å². The highest BCUT2D eigenvalue weighted by atomic mass is 19.1. The van der Waals surface area contributed by atoms with Crippen LogP contribution in [0.25, 0.3) is 5.70 Å². The Morgan fingerprint density at radius 1 is 1.30 bits per heavy atom. The zero-order chi connectivity index (χ0) is 19.8. The average molecular weight is 368 g/mol. The lowest BCUT2D eigenvalue weighted by Crippen LogP contribution is -2.24. The fraction of sp³-hybridized carbons (Fsp3) is 0.273. The third-order valence-corrected chi connectivity index (χ3v) is 4.35. The van der Waals surface area contributed by atoms with Crippen LogP contribution in [-0.2, 0) is 6.42 Å². The molecule has 2 rings (SSSR count). The lowest BCUT2D eigenvalue weighted by molar-refractivity contribution is 0.0696. The van der Waals surface area contributed by atoms with Crippen LogP contribution >= 0.6 is 0 Å². The van der Waals surface area contributed by atoms with E-state index in [-0.39, 0.29) is 11.4 Å². The minimum atomic E-state index is -0.996. The highest BCUT2D eigenvalue weighted by Crippen LogP contribution is 2.24. The van der Waals surface area contributed by atoms with E-state index in [1.54, 1.807) is 12.1 Å². The van der Waals surface area contributed by atoms with Crippen LogP contribution < -0.4 is 0 Å². The maximum absolute atomic E-state index is 13.1. The van der Waals surface area contributed by atoms with E-state index in [2.05, 4.69) is 23.4 Å². The molecule has 1 aromatic carbocycles. The van der Waals surface area contributed by atoms with Gasteiger partial charge in [0.2, 0.25) is 0 Å². The Balaban J connectivity index is 2.28. The first-order chi connectivity index (χ1) is 13.0. The second kappa shape index (κ2) is 9.67. The van der Waals surface area contributed by atoms with Gasteiger partial charge in [0.1, 0.15) is 5.82 Å². The molecular weight excluding hydrogens is 343 g/mol. The predicted octanol–water partition coefficient (Wildman–Crippen LogP) is 5.14. The van der Waals surface area contributed by atoms with Crippen molar-refractivity contribution in [3.63, 3.8) is 0 Å². The average Bonchev–Trinajstić information content (AvgIpc) is 2.68. The predicted molar refractivity (Wildman–Crippen MR) is 106 cm³/mol. The van der Waals surface area contributed by atoms with Crippen molar-refractivity contribution in [2.45, 2.75) is 33.1 Å².